The van der Waals surface area contributed by atoms with Crippen LogP contribution >= 0.6 is 0 Å². The van der Waals surface area contributed by atoms with Gasteiger partial charge in [-0.25, -0.2) is 9.18 Å². The Bertz CT molecular complexity index is 584. The summed E-state index contributed by atoms with van der Waals surface area (Å²) in [6, 6.07) is 5.31. The van der Waals surface area contributed by atoms with Crippen LogP contribution < -0.4 is 5.32 Å². The van der Waals surface area contributed by atoms with Gasteiger partial charge in [0, 0.05) is 32.0 Å². The van der Waals surface area contributed by atoms with Crippen LogP contribution in [0, 0.1) is 5.82 Å². The molecule has 4 nitrogen and oxygen atoms in total. The van der Waals surface area contributed by atoms with Crippen LogP contribution in [0.2, 0.25) is 0 Å². The van der Waals surface area contributed by atoms with Crippen LogP contribution in [0.4, 0.5) is 22.4 Å². The highest BCUT2D eigenvalue weighted by atomic mass is 19.4. The number of aliphatic hydroxyl groups is 1. The zero-order valence-electron chi connectivity index (χ0n) is 13.2. The molecule has 1 aliphatic heterocycles. The molecule has 1 aromatic carbocycles. The number of nitrogens with one attached hydrogen (secondary N) is 1. The van der Waals surface area contributed by atoms with E-state index in [2.05, 4.69) is 5.32 Å². The average Bonchev–Trinajstić information content (AvgIpc) is 2.49. The normalized spacial score (nSPS) is 19.0. The number of carbonyl (C=O) groups excluding carboxylic acids is 1. The lowest BCUT2D eigenvalue weighted by atomic mass is 9.91. The molecule has 134 valence electrons. The number of rotatable bonds is 3. The van der Waals surface area contributed by atoms with Gasteiger partial charge in [-0.05, 0) is 25.0 Å². The van der Waals surface area contributed by atoms with E-state index in [0.29, 0.717) is 5.56 Å². The van der Waals surface area contributed by atoms with Gasteiger partial charge in [0.05, 0.1) is 0 Å². The summed E-state index contributed by atoms with van der Waals surface area (Å²) >= 11 is 0. The van der Waals surface area contributed by atoms with Crippen LogP contribution in [0.5, 0.6) is 0 Å². The van der Waals surface area contributed by atoms with Crippen molar-refractivity contribution < 1.29 is 27.5 Å². The van der Waals surface area contributed by atoms with Gasteiger partial charge in [0.2, 0.25) is 0 Å². The van der Waals surface area contributed by atoms with Gasteiger partial charge in [0.15, 0.2) is 5.60 Å². The number of likely N-dealkylation sites (tertiary alicyclic amines) is 1. The summed E-state index contributed by atoms with van der Waals surface area (Å²) < 4.78 is 51.8. The molecule has 0 radical (unpaired) electrons. The molecule has 2 N–H and O–H groups in total. The molecule has 1 aromatic rings. The van der Waals surface area contributed by atoms with Crippen LogP contribution in [0.15, 0.2) is 24.3 Å². The van der Waals surface area contributed by atoms with Crippen molar-refractivity contribution in [3.8, 4) is 0 Å². The second-order valence-electron chi connectivity index (χ2n) is 6.16. The van der Waals surface area contributed by atoms with Crippen molar-refractivity contribution in [2.24, 2.45) is 0 Å². The van der Waals surface area contributed by atoms with Crippen molar-refractivity contribution in [1.29, 1.82) is 0 Å². The summed E-state index contributed by atoms with van der Waals surface area (Å²) in [6.45, 7) is 1.32. The highest BCUT2D eigenvalue weighted by molar-refractivity contribution is 5.74. The number of carbonyl (C=O) groups is 1. The number of urea groups is 1. The third kappa shape index (κ3) is 4.17. The average molecular weight is 348 g/mol. The van der Waals surface area contributed by atoms with Gasteiger partial charge < -0.3 is 15.3 Å². The molecule has 0 bridgehead atoms. The summed E-state index contributed by atoms with van der Waals surface area (Å²) in [5.74, 6) is -0.369. The predicted octanol–water partition coefficient (Wildman–Crippen LogP) is 2.86. The van der Waals surface area contributed by atoms with Crippen molar-refractivity contribution in [1.82, 2.24) is 10.2 Å². The largest absolute Gasteiger partial charge is 0.417 e. The molecule has 1 saturated heterocycles. The van der Waals surface area contributed by atoms with E-state index in [0.717, 1.165) is 0 Å². The first-order valence-electron chi connectivity index (χ1n) is 7.70. The number of piperidine rings is 1. The minimum absolute atomic E-state index is 0.186. The van der Waals surface area contributed by atoms with Gasteiger partial charge in [-0.2, -0.15) is 13.2 Å². The topological polar surface area (TPSA) is 52.6 Å². The molecular weight excluding hydrogens is 328 g/mol. The third-order valence-corrected chi connectivity index (χ3v) is 4.26. The fraction of sp³-hybridized carbons (Fsp3) is 0.562. The summed E-state index contributed by atoms with van der Waals surface area (Å²) in [5, 5.41) is 12.2. The number of halogens is 4. The number of hydrogen-bond donors (Lipinski definition) is 2. The van der Waals surface area contributed by atoms with Crippen LogP contribution in [-0.2, 0) is 6.42 Å². The van der Waals surface area contributed by atoms with Gasteiger partial charge >= 0.3 is 12.2 Å². The SMILES string of the molecule is CC(Cc1ccccc1F)NC(=O)N1CCC(O)(C(F)(F)F)CC1. The molecule has 1 unspecified atom stereocenters. The molecule has 24 heavy (non-hydrogen) atoms. The van der Waals surface area contributed by atoms with Gasteiger partial charge in [-0.3, -0.25) is 0 Å². The van der Waals surface area contributed by atoms with Crippen molar-refractivity contribution in [2.75, 3.05) is 13.1 Å². The Labute approximate surface area is 137 Å². The first-order valence-corrected chi connectivity index (χ1v) is 7.70. The number of nitrogens with zero attached hydrogens (tertiary/aromatic N) is 1. The Balaban J connectivity index is 1.86. The van der Waals surface area contributed by atoms with E-state index < -0.39 is 30.7 Å². The number of benzene rings is 1. The number of amides is 2. The fourth-order valence-corrected chi connectivity index (χ4v) is 2.71. The zero-order chi connectivity index (χ0) is 18.0. The lowest BCUT2D eigenvalue weighted by Crippen LogP contribution is -2.56. The van der Waals surface area contributed by atoms with E-state index in [9.17, 15) is 27.5 Å². The number of alkyl halides is 3. The minimum Gasteiger partial charge on any atom is -0.380 e. The maximum Gasteiger partial charge on any atom is 0.417 e. The second kappa shape index (κ2) is 6.96. The van der Waals surface area contributed by atoms with E-state index in [4.69, 9.17) is 0 Å². The standard InChI is InChI=1S/C16H20F4N2O2/c1-11(10-12-4-2-3-5-13(12)17)21-14(23)22-8-6-15(24,7-9-22)16(18,19)20/h2-5,11,24H,6-10H2,1H3,(H,21,23). The molecule has 8 heteroatoms. The zero-order valence-corrected chi connectivity index (χ0v) is 13.2. The van der Waals surface area contributed by atoms with E-state index in [1.807, 2.05) is 0 Å². The molecule has 0 spiro atoms. The lowest BCUT2D eigenvalue weighted by Gasteiger charge is -2.39. The summed E-state index contributed by atoms with van der Waals surface area (Å²) in [4.78, 5) is 13.3. The van der Waals surface area contributed by atoms with E-state index in [-0.39, 0.29) is 31.4 Å². The molecule has 1 fully saturated rings. The van der Waals surface area contributed by atoms with Crippen molar-refractivity contribution in [2.45, 2.75) is 44.0 Å². The molecular formula is C16H20F4N2O2. The predicted molar refractivity (Wildman–Crippen MR) is 79.9 cm³/mol. The van der Waals surface area contributed by atoms with Gasteiger partial charge in [-0.1, -0.05) is 18.2 Å². The Hall–Kier alpha value is -1.83. The summed E-state index contributed by atoms with van der Waals surface area (Å²) in [6.07, 6.45) is -5.52. The highest BCUT2D eigenvalue weighted by Crippen LogP contribution is 2.38. The second-order valence-corrected chi connectivity index (χ2v) is 6.16. The smallest absolute Gasteiger partial charge is 0.380 e. The van der Waals surface area contributed by atoms with Gasteiger partial charge in [0.1, 0.15) is 5.82 Å². The van der Waals surface area contributed by atoms with Crippen LogP contribution in [0.1, 0.15) is 25.3 Å². The van der Waals surface area contributed by atoms with E-state index in [1.54, 1.807) is 25.1 Å². The summed E-state index contributed by atoms with van der Waals surface area (Å²) in [5.41, 5.74) is -2.28. The third-order valence-electron chi connectivity index (χ3n) is 4.26. The number of hydrogen-bond acceptors (Lipinski definition) is 2. The van der Waals surface area contributed by atoms with Crippen LogP contribution in [0.3, 0.4) is 0 Å². The maximum atomic E-state index is 13.6. The minimum atomic E-state index is -4.70. The monoisotopic (exact) mass is 348 g/mol. The molecule has 1 aliphatic rings. The Morgan fingerprint density at radius 2 is 1.92 bits per heavy atom. The van der Waals surface area contributed by atoms with Crippen LogP contribution in [-0.4, -0.2) is 46.9 Å². The Morgan fingerprint density at radius 1 is 1.33 bits per heavy atom. The quantitative estimate of drug-likeness (QED) is 0.826. The first-order chi connectivity index (χ1) is 11.1. The van der Waals surface area contributed by atoms with Crippen LogP contribution in [0.25, 0.3) is 0 Å². The fourth-order valence-electron chi connectivity index (χ4n) is 2.71. The molecule has 1 atom stereocenters. The van der Waals surface area contributed by atoms with Gasteiger partial charge in [0.25, 0.3) is 0 Å². The first kappa shape index (κ1) is 18.5. The molecule has 0 aliphatic carbocycles. The molecule has 2 amide bonds. The van der Waals surface area contributed by atoms with E-state index >= 15 is 0 Å². The Morgan fingerprint density at radius 3 is 2.46 bits per heavy atom. The van der Waals surface area contributed by atoms with Crippen molar-refractivity contribution in [3.05, 3.63) is 35.6 Å². The molecule has 0 aromatic heterocycles. The van der Waals surface area contributed by atoms with Gasteiger partial charge in [-0.15, -0.1) is 0 Å². The summed E-state index contributed by atoms with van der Waals surface area (Å²) in [7, 11) is 0. The molecule has 2 rings (SSSR count). The Kier molecular flexibility index (Phi) is 5.37. The van der Waals surface area contributed by atoms with Crippen molar-refractivity contribution >= 4 is 6.03 Å². The van der Waals surface area contributed by atoms with Crippen molar-refractivity contribution in [3.63, 3.8) is 0 Å². The van der Waals surface area contributed by atoms with E-state index in [1.165, 1.54) is 11.0 Å². The highest BCUT2D eigenvalue weighted by Gasteiger charge is 2.54. The lowest BCUT2D eigenvalue weighted by molar-refractivity contribution is -0.271. The molecule has 1 heterocycles. The molecule has 0 saturated carbocycles. The maximum absolute atomic E-state index is 13.6.